The summed E-state index contributed by atoms with van der Waals surface area (Å²) in [5.41, 5.74) is 4.31. The van der Waals surface area contributed by atoms with E-state index in [0.29, 0.717) is 17.6 Å². The lowest BCUT2D eigenvalue weighted by molar-refractivity contribution is -0.120. The largest absolute Gasteiger partial charge is 0.355 e. The maximum absolute atomic E-state index is 12.4. The van der Waals surface area contributed by atoms with Crippen molar-refractivity contribution < 1.29 is 4.79 Å². The molecule has 0 fully saturated rings. The highest BCUT2D eigenvalue weighted by molar-refractivity contribution is 8.00. The number of rotatable bonds is 7. The Bertz CT molecular complexity index is 695. The van der Waals surface area contributed by atoms with Crippen LogP contribution in [0.2, 0.25) is 0 Å². The number of hydrogen-bond donors (Lipinski definition) is 1. The number of nitrogens with one attached hydrogen (secondary N) is 1. The highest BCUT2D eigenvalue weighted by Crippen LogP contribution is 2.22. The fraction of sp³-hybridized carbons (Fsp3) is 0.450. The average Bonchev–Trinajstić information content (AvgIpc) is 2.60. The SMILES string of the molecule is CC[C@H](CNC(=O)[C@@H](C)Sc1nc(C)c(C)c(C)n1)c1ccccc1. The summed E-state index contributed by atoms with van der Waals surface area (Å²) >= 11 is 1.41. The third-order valence-electron chi connectivity index (χ3n) is 4.55. The van der Waals surface area contributed by atoms with Gasteiger partial charge in [0, 0.05) is 23.9 Å². The van der Waals surface area contributed by atoms with Crippen LogP contribution in [0, 0.1) is 20.8 Å². The number of thioether (sulfide) groups is 1. The van der Waals surface area contributed by atoms with Crippen molar-refractivity contribution in [2.75, 3.05) is 6.54 Å². The van der Waals surface area contributed by atoms with E-state index in [4.69, 9.17) is 0 Å². The Morgan fingerprint density at radius 3 is 2.28 bits per heavy atom. The molecule has 0 aliphatic carbocycles. The van der Waals surface area contributed by atoms with Crippen molar-refractivity contribution in [3.05, 3.63) is 52.8 Å². The Hall–Kier alpha value is -1.88. The molecule has 1 heterocycles. The summed E-state index contributed by atoms with van der Waals surface area (Å²) in [5, 5.41) is 3.52. The van der Waals surface area contributed by atoms with E-state index >= 15 is 0 Å². The molecule has 1 aromatic heterocycles. The monoisotopic (exact) mass is 357 g/mol. The fourth-order valence-electron chi connectivity index (χ4n) is 2.60. The standard InChI is InChI=1S/C20H27N3OS/c1-6-17(18-10-8-7-9-11-18)12-21-19(24)16(5)25-20-22-14(3)13(2)15(4)23-20/h7-11,16-17H,6,12H2,1-5H3,(H,21,24)/t16-,17-/m1/s1. The van der Waals surface area contributed by atoms with Gasteiger partial charge in [-0.05, 0) is 45.2 Å². The van der Waals surface area contributed by atoms with Crippen molar-refractivity contribution in [3.63, 3.8) is 0 Å². The second-order valence-corrected chi connectivity index (χ2v) is 7.63. The molecule has 1 aromatic carbocycles. The first-order valence-corrected chi connectivity index (χ1v) is 9.61. The van der Waals surface area contributed by atoms with Gasteiger partial charge in [0.25, 0.3) is 0 Å². The molecule has 0 aliphatic rings. The summed E-state index contributed by atoms with van der Waals surface area (Å²) in [5.74, 6) is 0.362. The molecule has 25 heavy (non-hydrogen) atoms. The highest BCUT2D eigenvalue weighted by atomic mass is 32.2. The van der Waals surface area contributed by atoms with Crippen molar-refractivity contribution in [2.24, 2.45) is 0 Å². The normalized spacial score (nSPS) is 13.3. The molecule has 4 nitrogen and oxygen atoms in total. The molecular weight excluding hydrogens is 330 g/mol. The molecule has 0 unspecified atom stereocenters. The molecule has 1 N–H and O–H groups in total. The van der Waals surface area contributed by atoms with Gasteiger partial charge in [-0.1, -0.05) is 49.0 Å². The molecule has 2 atom stereocenters. The van der Waals surface area contributed by atoms with Crippen LogP contribution in [-0.2, 0) is 4.79 Å². The molecule has 2 aromatic rings. The van der Waals surface area contributed by atoms with Gasteiger partial charge in [0.2, 0.25) is 5.91 Å². The first-order chi connectivity index (χ1) is 11.9. The maximum Gasteiger partial charge on any atom is 0.233 e. The van der Waals surface area contributed by atoms with E-state index in [-0.39, 0.29) is 11.2 Å². The topological polar surface area (TPSA) is 54.9 Å². The van der Waals surface area contributed by atoms with E-state index in [1.807, 2.05) is 45.9 Å². The van der Waals surface area contributed by atoms with E-state index in [1.54, 1.807) is 0 Å². The van der Waals surface area contributed by atoms with E-state index in [1.165, 1.54) is 17.3 Å². The van der Waals surface area contributed by atoms with E-state index in [2.05, 4.69) is 34.3 Å². The zero-order chi connectivity index (χ0) is 18.4. The van der Waals surface area contributed by atoms with Crippen LogP contribution in [0.5, 0.6) is 0 Å². The molecule has 0 aliphatic heterocycles. The smallest absolute Gasteiger partial charge is 0.233 e. The lowest BCUT2D eigenvalue weighted by Crippen LogP contribution is -2.34. The summed E-state index contributed by atoms with van der Waals surface area (Å²) < 4.78 is 0. The number of carbonyl (C=O) groups is 1. The first-order valence-electron chi connectivity index (χ1n) is 8.73. The number of amides is 1. The molecule has 134 valence electrons. The predicted molar refractivity (Wildman–Crippen MR) is 104 cm³/mol. The van der Waals surface area contributed by atoms with Gasteiger partial charge in [-0.3, -0.25) is 4.79 Å². The number of nitrogens with zero attached hydrogens (tertiary/aromatic N) is 2. The molecular formula is C20H27N3OS. The van der Waals surface area contributed by atoms with Crippen LogP contribution >= 0.6 is 11.8 Å². The van der Waals surface area contributed by atoms with Gasteiger partial charge in [-0.25, -0.2) is 9.97 Å². The lowest BCUT2D eigenvalue weighted by Gasteiger charge is -2.18. The molecule has 5 heteroatoms. The van der Waals surface area contributed by atoms with Gasteiger partial charge in [0.15, 0.2) is 5.16 Å². The Balaban J connectivity index is 1.94. The third kappa shape index (κ3) is 5.30. The van der Waals surface area contributed by atoms with Crippen LogP contribution in [-0.4, -0.2) is 27.7 Å². The van der Waals surface area contributed by atoms with Crippen molar-refractivity contribution in [1.82, 2.24) is 15.3 Å². The summed E-state index contributed by atoms with van der Waals surface area (Å²) in [6.07, 6.45) is 0.991. The second kappa shape index (κ2) is 8.99. The molecule has 0 saturated heterocycles. The van der Waals surface area contributed by atoms with E-state index in [0.717, 1.165) is 23.4 Å². The minimum atomic E-state index is -0.227. The summed E-state index contributed by atoms with van der Waals surface area (Å²) in [6.45, 7) is 10.7. The molecule has 0 radical (unpaired) electrons. The van der Waals surface area contributed by atoms with Crippen molar-refractivity contribution in [3.8, 4) is 0 Å². The van der Waals surface area contributed by atoms with Crippen LogP contribution in [0.1, 0.15) is 48.7 Å². The number of carbonyl (C=O) groups excluding carboxylic acids is 1. The van der Waals surface area contributed by atoms with Crippen LogP contribution < -0.4 is 5.32 Å². The predicted octanol–water partition coefficient (Wildman–Crippen LogP) is 4.19. The van der Waals surface area contributed by atoms with Crippen molar-refractivity contribution in [1.29, 1.82) is 0 Å². The number of aryl methyl sites for hydroxylation is 2. The van der Waals surface area contributed by atoms with E-state index in [9.17, 15) is 4.79 Å². The Kier molecular flexibility index (Phi) is 7.00. The van der Waals surface area contributed by atoms with Crippen LogP contribution in [0.3, 0.4) is 0 Å². The number of benzene rings is 1. The van der Waals surface area contributed by atoms with Gasteiger partial charge < -0.3 is 5.32 Å². The van der Waals surface area contributed by atoms with Gasteiger partial charge in [0.1, 0.15) is 0 Å². The van der Waals surface area contributed by atoms with Gasteiger partial charge in [-0.15, -0.1) is 0 Å². The molecule has 0 spiro atoms. The summed E-state index contributed by atoms with van der Waals surface area (Å²) in [6, 6.07) is 10.3. The Morgan fingerprint density at radius 1 is 1.12 bits per heavy atom. The number of aromatic nitrogens is 2. The molecule has 2 rings (SSSR count). The number of hydrogen-bond acceptors (Lipinski definition) is 4. The maximum atomic E-state index is 12.4. The lowest BCUT2D eigenvalue weighted by atomic mass is 9.96. The minimum Gasteiger partial charge on any atom is -0.355 e. The Morgan fingerprint density at radius 2 is 1.72 bits per heavy atom. The van der Waals surface area contributed by atoms with Gasteiger partial charge in [0.05, 0.1) is 5.25 Å². The molecule has 1 amide bonds. The van der Waals surface area contributed by atoms with Crippen molar-refractivity contribution >= 4 is 17.7 Å². The fourth-order valence-corrected chi connectivity index (χ4v) is 3.48. The third-order valence-corrected chi connectivity index (χ3v) is 5.51. The van der Waals surface area contributed by atoms with Gasteiger partial charge >= 0.3 is 0 Å². The highest BCUT2D eigenvalue weighted by Gasteiger charge is 2.18. The minimum absolute atomic E-state index is 0.0267. The summed E-state index contributed by atoms with van der Waals surface area (Å²) in [7, 11) is 0. The van der Waals surface area contributed by atoms with E-state index < -0.39 is 0 Å². The zero-order valence-electron chi connectivity index (χ0n) is 15.7. The van der Waals surface area contributed by atoms with Crippen LogP contribution in [0.15, 0.2) is 35.5 Å². The average molecular weight is 358 g/mol. The van der Waals surface area contributed by atoms with Gasteiger partial charge in [-0.2, -0.15) is 0 Å². The Labute approximate surface area is 154 Å². The second-order valence-electron chi connectivity index (χ2n) is 6.32. The molecule has 0 bridgehead atoms. The van der Waals surface area contributed by atoms with Crippen molar-refractivity contribution in [2.45, 2.75) is 57.4 Å². The van der Waals surface area contributed by atoms with Crippen LogP contribution in [0.4, 0.5) is 0 Å². The first kappa shape index (κ1) is 19.4. The molecule has 0 saturated carbocycles. The summed E-state index contributed by atoms with van der Waals surface area (Å²) in [4.78, 5) is 21.4. The quantitative estimate of drug-likeness (QED) is 0.596. The zero-order valence-corrected chi connectivity index (χ0v) is 16.5. The van der Waals surface area contributed by atoms with Crippen LogP contribution in [0.25, 0.3) is 0 Å².